The van der Waals surface area contributed by atoms with E-state index < -0.39 is 8.32 Å². The fraction of sp³-hybridized carbons (Fsp3) is 0.824. The van der Waals surface area contributed by atoms with Crippen LogP contribution in [0.15, 0.2) is 12.2 Å². The number of allylic oxidation sites excluding steroid dienone is 2. The van der Waals surface area contributed by atoms with E-state index in [0.717, 1.165) is 6.42 Å². The summed E-state index contributed by atoms with van der Waals surface area (Å²) in [6, 6.07) is 0. The van der Waals surface area contributed by atoms with E-state index in [4.69, 9.17) is 4.43 Å². The molecule has 0 fully saturated rings. The molecule has 2 nitrogen and oxygen atoms in total. The zero-order valence-corrected chi connectivity index (χ0v) is 15.3. The summed E-state index contributed by atoms with van der Waals surface area (Å²) in [5, 5.41) is 0. The van der Waals surface area contributed by atoms with Gasteiger partial charge in [-0.1, -0.05) is 54.5 Å². The molecule has 0 aliphatic heterocycles. The second-order valence-electron chi connectivity index (χ2n) is 7.26. The average molecular weight is 297 g/mol. The number of carbonyl (C=O) groups is 1. The molecule has 116 valence electrons. The van der Waals surface area contributed by atoms with Gasteiger partial charge in [0.1, 0.15) is 0 Å². The zero-order valence-electron chi connectivity index (χ0n) is 14.3. The van der Waals surface area contributed by atoms with Crippen molar-refractivity contribution in [3.63, 3.8) is 0 Å². The summed E-state index contributed by atoms with van der Waals surface area (Å²) < 4.78 is 6.80. The molecule has 0 aromatic carbocycles. The molecular formula is C17H32O2Si. The molecule has 1 rings (SSSR count). The Labute approximate surface area is 126 Å². The van der Waals surface area contributed by atoms with Crippen molar-refractivity contribution in [1.29, 1.82) is 0 Å². The maximum Gasteiger partial charge on any atom is 0.200 e. The predicted octanol–water partition coefficient (Wildman–Crippen LogP) is 5.10. The highest BCUT2D eigenvalue weighted by atomic mass is 28.4. The molecule has 2 atom stereocenters. The van der Waals surface area contributed by atoms with E-state index in [2.05, 4.69) is 48.5 Å². The van der Waals surface area contributed by atoms with E-state index >= 15 is 0 Å². The highest BCUT2D eigenvalue weighted by Crippen LogP contribution is 2.44. The summed E-state index contributed by atoms with van der Waals surface area (Å²) in [6.45, 7) is 16.0. The molecule has 0 heterocycles. The van der Waals surface area contributed by atoms with E-state index in [1.165, 1.54) is 0 Å². The Hall–Kier alpha value is -0.413. The third kappa shape index (κ3) is 3.61. The van der Waals surface area contributed by atoms with Gasteiger partial charge in [-0.05, 0) is 35.0 Å². The lowest BCUT2D eigenvalue weighted by atomic mass is 10.00. The van der Waals surface area contributed by atoms with Crippen LogP contribution >= 0.6 is 0 Å². The first-order valence-electron chi connectivity index (χ1n) is 8.09. The Balaban J connectivity index is 3.02. The Kier molecular flexibility index (Phi) is 6.20. The largest absolute Gasteiger partial charge is 0.412 e. The summed E-state index contributed by atoms with van der Waals surface area (Å²) in [6.07, 6.45) is 5.35. The normalized spacial score (nSPS) is 24.8. The standard InChI is InChI=1S/C17H32O2Si/c1-12(2)20(13(3)4,14(5)6)19-17-11-16(18)10-8-9-15(17)7/h8,10,12-15,17H,9,11H2,1-7H3/t15-,17+/m1/s1. The van der Waals surface area contributed by atoms with Crippen molar-refractivity contribution < 1.29 is 9.22 Å². The lowest BCUT2D eigenvalue weighted by molar-refractivity contribution is -0.116. The highest BCUT2D eigenvalue weighted by Gasteiger charge is 2.47. The minimum atomic E-state index is -1.89. The fourth-order valence-corrected chi connectivity index (χ4v) is 9.52. The smallest absolute Gasteiger partial charge is 0.200 e. The van der Waals surface area contributed by atoms with Gasteiger partial charge in [-0.2, -0.15) is 0 Å². The monoisotopic (exact) mass is 296 g/mol. The Morgan fingerprint density at radius 1 is 1.10 bits per heavy atom. The number of carbonyl (C=O) groups excluding carboxylic acids is 1. The Morgan fingerprint density at radius 3 is 2.05 bits per heavy atom. The number of hydrogen-bond donors (Lipinski definition) is 0. The third-order valence-electron chi connectivity index (χ3n) is 4.91. The van der Waals surface area contributed by atoms with E-state index in [1.54, 1.807) is 6.08 Å². The summed E-state index contributed by atoms with van der Waals surface area (Å²) in [7, 11) is -1.89. The molecular weight excluding hydrogens is 264 g/mol. The van der Waals surface area contributed by atoms with E-state index in [-0.39, 0.29) is 11.9 Å². The molecule has 0 N–H and O–H groups in total. The second kappa shape index (κ2) is 7.03. The molecule has 0 amide bonds. The topological polar surface area (TPSA) is 26.3 Å². The van der Waals surface area contributed by atoms with Crippen molar-refractivity contribution in [2.24, 2.45) is 5.92 Å². The van der Waals surface area contributed by atoms with Crippen molar-refractivity contribution >= 4 is 14.1 Å². The van der Waals surface area contributed by atoms with Crippen LogP contribution in [0.25, 0.3) is 0 Å². The lowest BCUT2D eigenvalue weighted by Crippen LogP contribution is -2.51. The average Bonchev–Trinajstić information content (AvgIpc) is 2.46. The molecule has 3 heteroatoms. The minimum Gasteiger partial charge on any atom is -0.412 e. The van der Waals surface area contributed by atoms with Gasteiger partial charge in [0.05, 0.1) is 6.10 Å². The quantitative estimate of drug-likeness (QED) is 0.660. The van der Waals surface area contributed by atoms with Crippen LogP contribution in [0.2, 0.25) is 16.6 Å². The third-order valence-corrected chi connectivity index (χ3v) is 11.0. The number of rotatable bonds is 5. The molecule has 0 radical (unpaired) electrons. The number of hydrogen-bond acceptors (Lipinski definition) is 2. The second-order valence-corrected chi connectivity index (χ2v) is 12.7. The summed E-state index contributed by atoms with van der Waals surface area (Å²) in [5.41, 5.74) is 1.71. The van der Waals surface area contributed by atoms with Gasteiger partial charge in [0.15, 0.2) is 5.78 Å². The SMILES string of the molecule is CC(C)[Si](O[C@H]1CC(=O)C=CC[C@H]1C)(C(C)C)C(C)C. The summed E-state index contributed by atoms with van der Waals surface area (Å²) in [4.78, 5) is 11.9. The van der Waals surface area contributed by atoms with Gasteiger partial charge in [-0.15, -0.1) is 0 Å². The first-order chi connectivity index (χ1) is 9.21. The molecule has 0 aromatic rings. The van der Waals surface area contributed by atoms with E-state index in [9.17, 15) is 4.79 Å². The molecule has 0 spiro atoms. The van der Waals surface area contributed by atoms with Crippen LogP contribution in [-0.4, -0.2) is 20.2 Å². The molecule has 20 heavy (non-hydrogen) atoms. The highest BCUT2D eigenvalue weighted by molar-refractivity contribution is 6.77. The molecule has 1 aliphatic carbocycles. The van der Waals surface area contributed by atoms with Crippen molar-refractivity contribution in [3.05, 3.63) is 12.2 Å². The van der Waals surface area contributed by atoms with Crippen molar-refractivity contribution in [1.82, 2.24) is 0 Å². The minimum absolute atomic E-state index is 0.0939. The molecule has 0 aromatic heterocycles. The van der Waals surface area contributed by atoms with Gasteiger partial charge < -0.3 is 4.43 Å². The van der Waals surface area contributed by atoms with Crippen LogP contribution in [0.4, 0.5) is 0 Å². The van der Waals surface area contributed by atoms with Crippen LogP contribution in [0.5, 0.6) is 0 Å². The Bertz CT molecular complexity index is 336. The van der Waals surface area contributed by atoms with Gasteiger partial charge in [0.25, 0.3) is 0 Å². The maximum atomic E-state index is 11.9. The predicted molar refractivity (Wildman–Crippen MR) is 88.5 cm³/mol. The van der Waals surface area contributed by atoms with Gasteiger partial charge in [-0.25, -0.2) is 0 Å². The summed E-state index contributed by atoms with van der Waals surface area (Å²) in [5.74, 6) is 0.652. The fourth-order valence-electron chi connectivity index (χ4n) is 3.86. The molecule has 1 aliphatic rings. The van der Waals surface area contributed by atoms with Gasteiger partial charge in [0.2, 0.25) is 8.32 Å². The molecule has 0 saturated heterocycles. The van der Waals surface area contributed by atoms with Crippen LogP contribution in [0, 0.1) is 5.92 Å². The van der Waals surface area contributed by atoms with E-state index in [1.807, 2.05) is 6.08 Å². The van der Waals surface area contributed by atoms with Crippen LogP contribution in [0.3, 0.4) is 0 Å². The van der Waals surface area contributed by atoms with Crippen molar-refractivity contribution in [2.45, 2.75) is 84.0 Å². The van der Waals surface area contributed by atoms with Gasteiger partial charge in [-0.3, -0.25) is 4.79 Å². The van der Waals surface area contributed by atoms with Gasteiger partial charge >= 0.3 is 0 Å². The maximum absolute atomic E-state index is 11.9. The van der Waals surface area contributed by atoms with Crippen LogP contribution < -0.4 is 0 Å². The zero-order chi connectivity index (χ0) is 15.5. The molecule has 0 bridgehead atoms. The first-order valence-corrected chi connectivity index (χ1v) is 10.2. The van der Waals surface area contributed by atoms with Crippen molar-refractivity contribution in [2.75, 3.05) is 0 Å². The first kappa shape index (κ1) is 17.6. The lowest BCUT2D eigenvalue weighted by Gasteiger charge is -2.45. The summed E-state index contributed by atoms with van der Waals surface area (Å²) >= 11 is 0. The van der Waals surface area contributed by atoms with Crippen LogP contribution in [0.1, 0.15) is 61.3 Å². The molecule has 0 unspecified atom stereocenters. The van der Waals surface area contributed by atoms with Gasteiger partial charge in [0, 0.05) is 6.42 Å². The van der Waals surface area contributed by atoms with Crippen LogP contribution in [-0.2, 0) is 9.22 Å². The van der Waals surface area contributed by atoms with Crippen molar-refractivity contribution in [3.8, 4) is 0 Å². The number of ketones is 1. The Morgan fingerprint density at radius 2 is 1.60 bits per heavy atom. The van der Waals surface area contributed by atoms with E-state index in [0.29, 0.717) is 29.0 Å². The molecule has 0 saturated carbocycles.